The van der Waals surface area contributed by atoms with E-state index in [1.165, 1.54) is 16.8 Å². The van der Waals surface area contributed by atoms with Crippen LogP contribution in [0.15, 0.2) is 18.5 Å². The summed E-state index contributed by atoms with van der Waals surface area (Å²) < 4.78 is 38.2. The standard InChI is InChI=1S/C10H8ClF3N2/c1-6-8(11)2-3-16-7(4-10(12,13)14)5-15-9(6)16/h2-3,5H,4H2,1H3. The largest absolute Gasteiger partial charge is 0.394 e. The van der Waals surface area contributed by atoms with Crippen molar-refractivity contribution in [3.05, 3.63) is 34.7 Å². The van der Waals surface area contributed by atoms with Gasteiger partial charge in [0, 0.05) is 23.0 Å². The molecule has 16 heavy (non-hydrogen) atoms. The van der Waals surface area contributed by atoms with Crippen molar-refractivity contribution in [2.45, 2.75) is 19.5 Å². The molecule has 0 aromatic carbocycles. The van der Waals surface area contributed by atoms with Gasteiger partial charge >= 0.3 is 6.18 Å². The van der Waals surface area contributed by atoms with Gasteiger partial charge in [0.2, 0.25) is 0 Å². The van der Waals surface area contributed by atoms with Crippen LogP contribution in [-0.4, -0.2) is 15.6 Å². The Kier molecular flexibility index (Phi) is 2.58. The van der Waals surface area contributed by atoms with Gasteiger partial charge in [-0.1, -0.05) is 11.6 Å². The number of nitrogens with zero attached hydrogens (tertiary/aromatic N) is 2. The first-order valence-corrected chi connectivity index (χ1v) is 4.94. The molecule has 2 aromatic rings. The molecular weight excluding hydrogens is 241 g/mol. The summed E-state index contributed by atoms with van der Waals surface area (Å²) in [5.74, 6) is 0. The Morgan fingerprint density at radius 1 is 1.44 bits per heavy atom. The number of fused-ring (bicyclic) bond motifs is 1. The molecule has 0 spiro atoms. The highest BCUT2D eigenvalue weighted by molar-refractivity contribution is 6.31. The smallest absolute Gasteiger partial charge is 0.303 e. The SMILES string of the molecule is Cc1c(Cl)ccn2c(CC(F)(F)F)cnc12. The van der Waals surface area contributed by atoms with Crippen molar-refractivity contribution in [2.75, 3.05) is 0 Å². The maximum Gasteiger partial charge on any atom is 0.394 e. The van der Waals surface area contributed by atoms with Crippen LogP contribution in [0.3, 0.4) is 0 Å². The van der Waals surface area contributed by atoms with Gasteiger partial charge in [-0.25, -0.2) is 4.98 Å². The van der Waals surface area contributed by atoms with E-state index in [9.17, 15) is 13.2 Å². The first-order valence-electron chi connectivity index (χ1n) is 4.56. The van der Waals surface area contributed by atoms with Crippen LogP contribution in [0, 0.1) is 6.92 Å². The van der Waals surface area contributed by atoms with Gasteiger partial charge in [0.1, 0.15) is 5.65 Å². The fourth-order valence-electron chi connectivity index (χ4n) is 1.55. The van der Waals surface area contributed by atoms with E-state index >= 15 is 0 Å². The highest BCUT2D eigenvalue weighted by Gasteiger charge is 2.29. The molecule has 0 unspecified atom stereocenters. The Morgan fingerprint density at radius 3 is 2.75 bits per heavy atom. The van der Waals surface area contributed by atoms with E-state index in [4.69, 9.17) is 11.6 Å². The minimum atomic E-state index is -4.23. The molecule has 0 saturated carbocycles. The summed E-state index contributed by atoms with van der Waals surface area (Å²) in [7, 11) is 0. The summed E-state index contributed by atoms with van der Waals surface area (Å²) in [6.45, 7) is 1.72. The molecule has 2 heterocycles. The number of pyridine rings is 1. The number of hydrogen-bond acceptors (Lipinski definition) is 1. The summed E-state index contributed by atoms with van der Waals surface area (Å²) in [4.78, 5) is 3.94. The Labute approximate surface area is 94.7 Å². The molecule has 6 heteroatoms. The number of alkyl halides is 3. The van der Waals surface area contributed by atoms with Crippen molar-refractivity contribution < 1.29 is 13.2 Å². The highest BCUT2D eigenvalue weighted by Crippen LogP contribution is 2.24. The molecule has 0 fully saturated rings. The molecular formula is C10H8ClF3N2. The monoisotopic (exact) mass is 248 g/mol. The molecule has 2 rings (SSSR count). The molecule has 0 radical (unpaired) electrons. The Balaban J connectivity index is 2.54. The maximum absolute atomic E-state index is 12.3. The van der Waals surface area contributed by atoms with E-state index in [1.807, 2.05) is 0 Å². The van der Waals surface area contributed by atoms with Gasteiger partial charge in [-0.15, -0.1) is 0 Å². The molecule has 2 aromatic heterocycles. The molecule has 0 amide bonds. The summed E-state index contributed by atoms with van der Waals surface area (Å²) in [5.41, 5.74) is 1.26. The molecule has 0 aliphatic heterocycles. The summed E-state index contributed by atoms with van der Waals surface area (Å²) >= 11 is 5.85. The average molecular weight is 249 g/mol. The second kappa shape index (κ2) is 3.66. The van der Waals surface area contributed by atoms with Crippen molar-refractivity contribution in [1.29, 1.82) is 0 Å². The first-order chi connectivity index (χ1) is 7.38. The van der Waals surface area contributed by atoms with Gasteiger partial charge in [-0.05, 0) is 13.0 Å². The van der Waals surface area contributed by atoms with Crippen LogP contribution in [0.5, 0.6) is 0 Å². The third kappa shape index (κ3) is 2.00. The molecule has 0 bridgehead atoms. The minimum absolute atomic E-state index is 0.113. The molecule has 0 aliphatic rings. The van der Waals surface area contributed by atoms with Gasteiger partial charge in [0.05, 0.1) is 12.1 Å². The lowest BCUT2D eigenvalue weighted by atomic mass is 10.3. The summed E-state index contributed by atoms with van der Waals surface area (Å²) in [6, 6.07) is 1.56. The van der Waals surface area contributed by atoms with E-state index in [0.29, 0.717) is 16.2 Å². The lowest BCUT2D eigenvalue weighted by molar-refractivity contribution is -0.127. The van der Waals surface area contributed by atoms with E-state index in [2.05, 4.69) is 4.98 Å². The van der Waals surface area contributed by atoms with Crippen LogP contribution in [0.25, 0.3) is 5.65 Å². The number of imidazole rings is 1. The number of halogens is 4. The summed E-state index contributed by atoms with van der Waals surface area (Å²) in [5, 5.41) is 0.497. The second-order valence-electron chi connectivity index (χ2n) is 3.52. The average Bonchev–Trinajstić information content (AvgIpc) is 2.53. The third-order valence-corrected chi connectivity index (χ3v) is 2.73. The lowest BCUT2D eigenvalue weighted by Crippen LogP contribution is -2.13. The highest BCUT2D eigenvalue weighted by atomic mass is 35.5. The minimum Gasteiger partial charge on any atom is -0.303 e. The van der Waals surface area contributed by atoms with Crippen LogP contribution in [0.1, 0.15) is 11.3 Å². The van der Waals surface area contributed by atoms with Crippen molar-refractivity contribution >= 4 is 17.2 Å². The van der Waals surface area contributed by atoms with E-state index < -0.39 is 12.6 Å². The van der Waals surface area contributed by atoms with Crippen LogP contribution in [-0.2, 0) is 6.42 Å². The van der Waals surface area contributed by atoms with Crippen LogP contribution >= 0.6 is 11.6 Å². The van der Waals surface area contributed by atoms with Gasteiger partial charge in [0.15, 0.2) is 0 Å². The van der Waals surface area contributed by atoms with Gasteiger partial charge in [-0.2, -0.15) is 13.2 Å². The van der Waals surface area contributed by atoms with Crippen LogP contribution in [0.4, 0.5) is 13.2 Å². The first kappa shape index (κ1) is 11.3. The number of hydrogen-bond donors (Lipinski definition) is 0. The zero-order valence-corrected chi connectivity index (χ0v) is 9.10. The van der Waals surface area contributed by atoms with Crippen molar-refractivity contribution in [3.8, 4) is 0 Å². The number of aryl methyl sites for hydroxylation is 1. The van der Waals surface area contributed by atoms with E-state index in [0.717, 1.165) is 0 Å². The molecule has 0 atom stereocenters. The third-order valence-electron chi connectivity index (χ3n) is 2.32. The van der Waals surface area contributed by atoms with E-state index in [1.54, 1.807) is 13.0 Å². The molecule has 0 aliphatic carbocycles. The quantitative estimate of drug-likeness (QED) is 0.756. The second-order valence-corrected chi connectivity index (χ2v) is 3.93. The van der Waals surface area contributed by atoms with Crippen molar-refractivity contribution in [2.24, 2.45) is 0 Å². The predicted octanol–water partition coefficient (Wildman–Crippen LogP) is 3.40. The molecule has 0 N–H and O–H groups in total. The number of aromatic nitrogens is 2. The fourth-order valence-corrected chi connectivity index (χ4v) is 1.69. The maximum atomic E-state index is 12.3. The Hall–Kier alpha value is -1.23. The van der Waals surface area contributed by atoms with E-state index in [-0.39, 0.29) is 5.69 Å². The number of rotatable bonds is 1. The van der Waals surface area contributed by atoms with Crippen LogP contribution in [0.2, 0.25) is 5.02 Å². The predicted molar refractivity (Wildman–Crippen MR) is 54.7 cm³/mol. The topological polar surface area (TPSA) is 17.3 Å². The fraction of sp³-hybridized carbons (Fsp3) is 0.300. The van der Waals surface area contributed by atoms with Crippen molar-refractivity contribution in [3.63, 3.8) is 0 Å². The molecule has 0 saturated heterocycles. The summed E-state index contributed by atoms with van der Waals surface area (Å²) in [6.07, 6.45) is -2.50. The molecule has 86 valence electrons. The zero-order valence-electron chi connectivity index (χ0n) is 8.35. The Bertz CT molecular complexity index is 531. The zero-order chi connectivity index (χ0) is 11.9. The normalized spacial score (nSPS) is 12.3. The van der Waals surface area contributed by atoms with Crippen molar-refractivity contribution in [1.82, 2.24) is 9.38 Å². The van der Waals surface area contributed by atoms with Gasteiger partial charge in [0.25, 0.3) is 0 Å². The van der Waals surface area contributed by atoms with Crippen LogP contribution < -0.4 is 0 Å². The lowest BCUT2D eigenvalue weighted by Gasteiger charge is -2.06. The van der Waals surface area contributed by atoms with Gasteiger partial charge in [-0.3, -0.25) is 0 Å². The molecule has 2 nitrogen and oxygen atoms in total. The van der Waals surface area contributed by atoms with Gasteiger partial charge < -0.3 is 4.40 Å². The Morgan fingerprint density at radius 2 is 2.12 bits per heavy atom.